The maximum atomic E-state index is 12.1. The lowest BCUT2D eigenvalue weighted by atomic mass is 10.1. The highest BCUT2D eigenvalue weighted by Crippen LogP contribution is 2.24. The summed E-state index contributed by atoms with van der Waals surface area (Å²) < 4.78 is 0. The normalized spacial score (nSPS) is 21.5. The van der Waals surface area contributed by atoms with Crippen LogP contribution in [-0.4, -0.2) is 17.9 Å². The first-order valence-electron chi connectivity index (χ1n) is 6.20. The molecule has 1 aromatic heterocycles. The third-order valence-corrected chi connectivity index (χ3v) is 4.09. The third-order valence-electron chi connectivity index (χ3n) is 3.14. The van der Waals surface area contributed by atoms with Crippen molar-refractivity contribution in [1.82, 2.24) is 16.2 Å². The molecule has 2 atom stereocenters. The molecule has 1 aliphatic heterocycles. The summed E-state index contributed by atoms with van der Waals surface area (Å²) >= 11 is 1.54. The second-order valence-electron chi connectivity index (χ2n) is 4.44. The molecule has 2 unspecified atom stereocenters. The topological polar surface area (TPSA) is 70.2 Å². The Balaban J connectivity index is 1.78. The molecule has 0 bridgehead atoms. The van der Waals surface area contributed by atoms with Gasteiger partial charge < -0.3 is 5.32 Å². The second kappa shape index (κ2) is 5.44. The highest BCUT2D eigenvalue weighted by atomic mass is 32.1. The van der Waals surface area contributed by atoms with Gasteiger partial charge in [-0.2, -0.15) is 0 Å². The minimum Gasteiger partial charge on any atom is -0.338 e. The van der Waals surface area contributed by atoms with Crippen LogP contribution in [0.4, 0.5) is 0 Å². The average Bonchev–Trinajstić information content (AvgIpc) is 3.11. The summed E-state index contributed by atoms with van der Waals surface area (Å²) in [4.78, 5) is 25.0. The lowest BCUT2D eigenvalue weighted by molar-refractivity contribution is -0.121. The van der Waals surface area contributed by atoms with Crippen LogP contribution in [0.1, 0.15) is 21.3 Å². The van der Waals surface area contributed by atoms with E-state index >= 15 is 0 Å². The number of nitrogens with one attached hydrogen (secondary N) is 3. The first kappa shape index (κ1) is 12.8. The number of thiophene rings is 1. The van der Waals surface area contributed by atoms with Gasteiger partial charge in [0.2, 0.25) is 0 Å². The van der Waals surface area contributed by atoms with E-state index < -0.39 is 6.04 Å². The fraction of sp³-hybridized carbons (Fsp3) is 0.143. The number of carbonyl (C=O) groups excluding carboxylic acids is 2. The van der Waals surface area contributed by atoms with Crippen LogP contribution in [0.15, 0.2) is 47.8 Å². The van der Waals surface area contributed by atoms with Crippen LogP contribution in [0.3, 0.4) is 0 Å². The predicted molar refractivity (Wildman–Crippen MR) is 76.0 cm³/mol. The van der Waals surface area contributed by atoms with Crippen molar-refractivity contribution in [1.29, 1.82) is 0 Å². The van der Waals surface area contributed by atoms with Gasteiger partial charge in [0.15, 0.2) is 0 Å². The van der Waals surface area contributed by atoms with E-state index in [1.807, 2.05) is 23.6 Å². The minimum atomic E-state index is -0.610. The number of hydrogen-bond acceptors (Lipinski definition) is 4. The number of hydrazine groups is 1. The Kier molecular flexibility index (Phi) is 3.49. The Labute approximate surface area is 120 Å². The first-order valence-corrected chi connectivity index (χ1v) is 7.08. The van der Waals surface area contributed by atoms with Gasteiger partial charge in [-0.25, -0.2) is 5.43 Å². The molecule has 2 aromatic rings. The molecule has 0 saturated carbocycles. The SMILES string of the molecule is O=C(NC1C(=O)NNC1c1cccs1)c1ccccc1. The molecule has 5 nitrogen and oxygen atoms in total. The van der Waals surface area contributed by atoms with Crippen LogP contribution >= 0.6 is 11.3 Å². The Morgan fingerprint density at radius 3 is 2.65 bits per heavy atom. The van der Waals surface area contributed by atoms with Gasteiger partial charge in [-0.1, -0.05) is 24.3 Å². The van der Waals surface area contributed by atoms with Crippen molar-refractivity contribution in [3.8, 4) is 0 Å². The van der Waals surface area contributed by atoms with Crippen molar-refractivity contribution in [2.45, 2.75) is 12.1 Å². The van der Waals surface area contributed by atoms with Crippen molar-refractivity contribution in [2.75, 3.05) is 0 Å². The van der Waals surface area contributed by atoms with E-state index in [9.17, 15) is 9.59 Å². The van der Waals surface area contributed by atoms with E-state index in [4.69, 9.17) is 0 Å². The molecular formula is C14H13N3O2S. The molecule has 0 spiro atoms. The van der Waals surface area contributed by atoms with Crippen LogP contribution in [0.5, 0.6) is 0 Å². The molecule has 0 radical (unpaired) electrons. The van der Waals surface area contributed by atoms with Gasteiger partial charge in [0.25, 0.3) is 11.8 Å². The molecule has 3 N–H and O–H groups in total. The Bertz CT molecular complexity index is 613. The standard InChI is InChI=1S/C14H13N3O2S/c18-13(9-5-2-1-3-6-9)15-12-11(16-17-14(12)19)10-7-4-8-20-10/h1-8,11-12,16H,(H,15,18)(H,17,19). The number of amides is 2. The summed E-state index contributed by atoms with van der Waals surface area (Å²) in [5.74, 6) is -0.483. The summed E-state index contributed by atoms with van der Waals surface area (Å²) in [7, 11) is 0. The van der Waals surface area contributed by atoms with Crippen LogP contribution in [-0.2, 0) is 4.79 Å². The summed E-state index contributed by atoms with van der Waals surface area (Å²) in [5, 5.41) is 4.72. The quantitative estimate of drug-likeness (QED) is 0.795. The number of carbonyl (C=O) groups is 2. The van der Waals surface area contributed by atoms with E-state index in [1.54, 1.807) is 35.6 Å². The zero-order chi connectivity index (χ0) is 13.9. The summed E-state index contributed by atoms with van der Waals surface area (Å²) in [6.07, 6.45) is 0. The third kappa shape index (κ3) is 2.43. The van der Waals surface area contributed by atoms with Gasteiger partial charge in [0, 0.05) is 10.4 Å². The first-order chi connectivity index (χ1) is 9.75. The van der Waals surface area contributed by atoms with E-state index in [0.29, 0.717) is 5.56 Å². The smallest absolute Gasteiger partial charge is 0.258 e. The van der Waals surface area contributed by atoms with Crippen molar-refractivity contribution in [2.24, 2.45) is 0 Å². The molecule has 1 fully saturated rings. The van der Waals surface area contributed by atoms with Gasteiger partial charge in [-0.3, -0.25) is 15.0 Å². The average molecular weight is 287 g/mol. The Hall–Kier alpha value is -2.18. The maximum Gasteiger partial charge on any atom is 0.258 e. The van der Waals surface area contributed by atoms with E-state index in [2.05, 4.69) is 16.2 Å². The summed E-state index contributed by atoms with van der Waals surface area (Å²) in [5.41, 5.74) is 6.02. The van der Waals surface area contributed by atoms with Crippen molar-refractivity contribution >= 4 is 23.2 Å². The highest BCUT2D eigenvalue weighted by Gasteiger charge is 2.37. The zero-order valence-electron chi connectivity index (χ0n) is 10.5. The maximum absolute atomic E-state index is 12.1. The molecule has 3 rings (SSSR count). The molecule has 1 saturated heterocycles. The van der Waals surface area contributed by atoms with Gasteiger partial charge in [-0.05, 0) is 23.6 Å². The van der Waals surface area contributed by atoms with Crippen molar-refractivity contribution < 1.29 is 9.59 Å². The summed E-state index contributed by atoms with van der Waals surface area (Å²) in [6, 6.07) is 11.9. The fourth-order valence-electron chi connectivity index (χ4n) is 2.13. The minimum absolute atomic E-state index is 0.229. The monoisotopic (exact) mass is 287 g/mol. The van der Waals surface area contributed by atoms with E-state index in [1.165, 1.54) is 0 Å². The van der Waals surface area contributed by atoms with Gasteiger partial charge in [0.05, 0.1) is 6.04 Å². The van der Waals surface area contributed by atoms with E-state index in [0.717, 1.165) is 4.88 Å². The molecular weight excluding hydrogens is 274 g/mol. The lowest BCUT2D eigenvalue weighted by Gasteiger charge is -2.16. The number of benzene rings is 1. The fourth-order valence-corrected chi connectivity index (χ4v) is 2.94. The Morgan fingerprint density at radius 1 is 1.15 bits per heavy atom. The van der Waals surface area contributed by atoms with Crippen LogP contribution in [0.25, 0.3) is 0 Å². The van der Waals surface area contributed by atoms with E-state index in [-0.39, 0.29) is 17.9 Å². The number of rotatable bonds is 3. The summed E-state index contributed by atoms with van der Waals surface area (Å²) in [6.45, 7) is 0. The van der Waals surface area contributed by atoms with Gasteiger partial charge in [0.1, 0.15) is 6.04 Å². The second-order valence-corrected chi connectivity index (χ2v) is 5.42. The highest BCUT2D eigenvalue weighted by molar-refractivity contribution is 7.10. The molecule has 1 aliphatic rings. The van der Waals surface area contributed by atoms with Gasteiger partial charge in [-0.15, -0.1) is 11.3 Å². The van der Waals surface area contributed by atoms with Crippen LogP contribution in [0, 0.1) is 0 Å². The molecule has 20 heavy (non-hydrogen) atoms. The van der Waals surface area contributed by atoms with Crippen molar-refractivity contribution in [3.05, 3.63) is 58.3 Å². The van der Waals surface area contributed by atoms with Gasteiger partial charge >= 0.3 is 0 Å². The van der Waals surface area contributed by atoms with Crippen LogP contribution < -0.4 is 16.2 Å². The lowest BCUT2D eigenvalue weighted by Crippen LogP contribution is -2.42. The molecule has 1 aromatic carbocycles. The molecule has 2 heterocycles. The molecule has 0 aliphatic carbocycles. The Morgan fingerprint density at radius 2 is 1.95 bits per heavy atom. The largest absolute Gasteiger partial charge is 0.338 e. The number of hydrogen-bond donors (Lipinski definition) is 3. The predicted octanol–water partition coefficient (Wildman–Crippen LogP) is 1.22. The molecule has 102 valence electrons. The molecule has 6 heteroatoms. The molecule has 2 amide bonds. The zero-order valence-corrected chi connectivity index (χ0v) is 11.3. The van der Waals surface area contributed by atoms with Crippen LogP contribution in [0.2, 0.25) is 0 Å². The van der Waals surface area contributed by atoms with Crippen molar-refractivity contribution in [3.63, 3.8) is 0 Å².